The van der Waals surface area contributed by atoms with Crippen LogP contribution in [0.4, 0.5) is 10.8 Å². The van der Waals surface area contributed by atoms with E-state index in [1.165, 1.54) is 16.2 Å². The van der Waals surface area contributed by atoms with Crippen LogP contribution in [0.3, 0.4) is 0 Å². The van der Waals surface area contributed by atoms with Crippen LogP contribution in [0.25, 0.3) is 0 Å². The molecule has 0 spiro atoms. The predicted molar refractivity (Wildman–Crippen MR) is 118 cm³/mol. The molecule has 2 rings (SSSR count). The van der Waals surface area contributed by atoms with Gasteiger partial charge in [-0.05, 0) is 30.0 Å². The maximum absolute atomic E-state index is 12.3. The molecule has 7 nitrogen and oxygen atoms in total. The molecule has 0 saturated heterocycles. The van der Waals surface area contributed by atoms with Gasteiger partial charge in [-0.3, -0.25) is 4.79 Å². The van der Waals surface area contributed by atoms with Crippen LogP contribution in [-0.4, -0.2) is 56.1 Å². The molecule has 0 bridgehead atoms. The molecule has 0 aliphatic heterocycles. The van der Waals surface area contributed by atoms with E-state index in [4.69, 9.17) is 4.74 Å². The fourth-order valence-corrected chi connectivity index (χ4v) is 3.20. The van der Waals surface area contributed by atoms with Crippen molar-refractivity contribution in [3.8, 4) is 0 Å². The third-order valence-electron chi connectivity index (χ3n) is 4.34. The Morgan fingerprint density at radius 3 is 2.48 bits per heavy atom. The highest BCUT2D eigenvalue weighted by Crippen LogP contribution is 2.17. The maximum Gasteiger partial charge on any atom is 0.358 e. The number of nitrogens with one attached hydrogen (secondary N) is 1. The molecule has 1 heterocycles. The minimum absolute atomic E-state index is 0.219. The molecule has 1 amide bonds. The number of hydrogen-bond acceptors (Lipinski definition) is 7. The molecule has 1 aromatic heterocycles. The lowest BCUT2D eigenvalue weighted by atomic mass is 10.1. The number of benzene rings is 1. The van der Waals surface area contributed by atoms with Crippen LogP contribution in [0, 0.1) is 5.92 Å². The van der Waals surface area contributed by atoms with Gasteiger partial charge in [-0.1, -0.05) is 26.0 Å². The van der Waals surface area contributed by atoms with E-state index >= 15 is 0 Å². The van der Waals surface area contributed by atoms with Crippen LogP contribution < -0.4 is 10.2 Å². The molecule has 0 unspecified atom stereocenters. The Morgan fingerprint density at radius 2 is 1.86 bits per heavy atom. The topological polar surface area (TPSA) is 74.8 Å². The van der Waals surface area contributed by atoms with Gasteiger partial charge in [0.15, 0.2) is 17.4 Å². The molecule has 0 saturated carbocycles. The molecular formula is C21H30N4O3S. The molecule has 29 heavy (non-hydrogen) atoms. The largest absolute Gasteiger partial charge is 0.451 e. The lowest BCUT2D eigenvalue weighted by molar-refractivity contribution is -0.133. The molecule has 0 atom stereocenters. The van der Waals surface area contributed by atoms with E-state index in [1.54, 1.807) is 12.4 Å². The van der Waals surface area contributed by atoms with Gasteiger partial charge in [0, 0.05) is 45.3 Å². The number of likely N-dealkylation sites (N-methyl/N-ethyl adjacent to an activating group) is 1. The van der Waals surface area contributed by atoms with Gasteiger partial charge in [0.1, 0.15) is 0 Å². The lowest BCUT2D eigenvalue weighted by Gasteiger charge is -2.18. The summed E-state index contributed by atoms with van der Waals surface area (Å²) in [6.45, 7) is 5.25. The summed E-state index contributed by atoms with van der Waals surface area (Å²) in [7, 11) is 5.65. The monoisotopic (exact) mass is 418 g/mol. The third-order valence-corrected chi connectivity index (χ3v) is 5.14. The normalized spacial score (nSPS) is 10.7. The molecular weight excluding hydrogens is 388 g/mol. The number of carbonyl (C=O) groups is 2. The molecule has 0 fully saturated rings. The third kappa shape index (κ3) is 7.38. The summed E-state index contributed by atoms with van der Waals surface area (Å²) >= 11 is 1.35. The van der Waals surface area contributed by atoms with Crippen molar-refractivity contribution in [1.82, 2.24) is 9.88 Å². The second kappa shape index (κ2) is 10.8. The number of ether oxygens (including phenoxy) is 1. The standard InChI is InChI=1S/C21H30N4O3S/c1-15(2)10-11-22-21-23-18(14-29-21)20(27)28-13-19(26)25(5)12-16-6-8-17(9-7-16)24(3)4/h6-9,14-15H,10-13H2,1-5H3,(H,22,23). The van der Waals surface area contributed by atoms with Crippen LogP contribution in [0.1, 0.15) is 36.3 Å². The van der Waals surface area contributed by atoms with Gasteiger partial charge in [-0.25, -0.2) is 9.78 Å². The molecule has 0 radical (unpaired) electrons. The van der Waals surface area contributed by atoms with Crippen molar-refractivity contribution in [3.05, 3.63) is 40.9 Å². The average Bonchev–Trinajstić information content (AvgIpc) is 3.15. The number of rotatable bonds is 10. The van der Waals surface area contributed by atoms with E-state index in [9.17, 15) is 9.59 Å². The van der Waals surface area contributed by atoms with E-state index in [1.807, 2.05) is 43.3 Å². The van der Waals surface area contributed by atoms with Crippen molar-refractivity contribution in [2.24, 2.45) is 5.92 Å². The highest BCUT2D eigenvalue weighted by Gasteiger charge is 2.16. The van der Waals surface area contributed by atoms with Gasteiger partial charge in [0.05, 0.1) is 0 Å². The highest BCUT2D eigenvalue weighted by atomic mass is 32.1. The Balaban J connectivity index is 1.78. The smallest absolute Gasteiger partial charge is 0.358 e. The number of aromatic nitrogens is 1. The molecule has 0 aliphatic rings. The summed E-state index contributed by atoms with van der Waals surface area (Å²) in [6, 6.07) is 7.97. The zero-order chi connectivity index (χ0) is 21.4. The zero-order valence-corrected chi connectivity index (χ0v) is 18.6. The second-order valence-electron chi connectivity index (χ2n) is 7.53. The fourth-order valence-electron chi connectivity index (χ4n) is 2.49. The number of carbonyl (C=O) groups excluding carboxylic acids is 2. The van der Waals surface area contributed by atoms with Gasteiger partial charge >= 0.3 is 5.97 Å². The number of thiazole rings is 1. The summed E-state index contributed by atoms with van der Waals surface area (Å²) in [5.41, 5.74) is 2.32. The SMILES string of the molecule is CC(C)CCNc1nc(C(=O)OCC(=O)N(C)Cc2ccc(N(C)C)cc2)cs1. The van der Waals surface area contributed by atoms with E-state index in [0.717, 1.165) is 24.2 Å². The minimum atomic E-state index is -0.588. The van der Waals surface area contributed by atoms with E-state index < -0.39 is 5.97 Å². The van der Waals surface area contributed by atoms with Crippen molar-refractivity contribution in [1.29, 1.82) is 0 Å². The van der Waals surface area contributed by atoms with Gasteiger partial charge < -0.3 is 19.9 Å². The first-order chi connectivity index (χ1) is 13.8. The minimum Gasteiger partial charge on any atom is -0.451 e. The van der Waals surface area contributed by atoms with E-state index in [0.29, 0.717) is 17.6 Å². The van der Waals surface area contributed by atoms with E-state index in [-0.39, 0.29) is 18.2 Å². The van der Waals surface area contributed by atoms with Crippen LogP contribution in [0.15, 0.2) is 29.6 Å². The zero-order valence-electron chi connectivity index (χ0n) is 17.8. The Hall–Kier alpha value is -2.61. The summed E-state index contributed by atoms with van der Waals surface area (Å²) in [6.07, 6.45) is 1.03. The van der Waals surface area contributed by atoms with Crippen molar-refractivity contribution >= 4 is 34.0 Å². The molecule has 1 N–H and O–H groups in total. The summed E-state index contributed by atoms with van der Waals surface area (Å²) in [4.78, 5) is 32.2. The van der Waals surface area contributed by atoms with Gasteiger partial charge in [-0.15, -0.1) is 11.3 Å². The number of amides is 1. The van der Waals surface area contributed by atoms with Crippen LogP contribution >= 0.6 is 11.3 Å². The fraction of sp³-hybridized carbons (Fsp3) is 0.476. The molecule has 158 valence electrons. The Labute approximate surface area is 176 Å². The Bertz CT molecular complexity index is 803. The number of anilines is 2. The van der Waals surface area contributed by atoms with Crippen molar-refractivity contribution in [2.75, 3.05) is 44.5 Å². The van der Waals surface area contributed by atoms with Crippen LogP contribution in [0.2, 0.25) is 0 Å². The van der Waals surface area contributed by atoms with Gasteiger partial charge in [0.2, 0.25) is 0 Å². The predicted octanol–water partition coefficient (Wildman–Crippen LogP) is 3.48. The molecule has 2 aromatic rings. The first kappa shape index (κ1) is 22.7. The molecule has 1 aromatic carbocycles. The molecule has 8 heteroatoms. The second-order valence-corrected chi connectivity index (χ2v) is 8.39. The van der Waals surface area contributed by atoms with Crippen molar-refractivity contribution in [3.63, 3.8) is 0 Å². The Kier molecular flexibility index (Phi) is 8.45. The van der Waals surface area contributed by atoms with Gasteiger partial charge in [0.25, 0.3) is 5.91 Å². The summed E-state index contributed by atoms with van der Waals surface area (Å²) in [5.74, 6) is -0.253. The average molecular weight is 419 g/mol. The van der Waals surface area contributed by atoms with Gasteiger partial charge in [-0.2, -0.15) is 0 Å². The summed E-state index contributed by atoms with van der Waals surface area (Å²) < 4.78 is 5.13. The van der Waals surface area contributed by atoms with Crippen LogP contribution in [-0.2, 0) is 16.1 Å². The van der Waals surface area contributed by atoms with Crippen molar-refractivity contribution < 1.29 is 14.3 Å². The van der Waals surface area contributed by atoms with Crippen LogP contribution in [0.5, 0.6) is 0 Å². The first-order valence-corrected chi connectivity index (χ1v) is 10.5. The Morgan fingerprint density at radius 1 is 1.17 bits per heavy atom. The quantitative estimate of drug-likeness (QED) is 0.596. The van der Waals surface area contributed by atoms with Crippen molar-refractivity contribution in [2.45, 2.75) is 26.8 Å². The molecule has 0 aliphatic carbocycles. The van der Waals surface area contributed by atoms with E-state index in [2.05, 4.69) is 24.1 Å². The first-order valence-electron chi connectivity index (χ1n) is 9.63. The maximum atomic E-state index is 12.3. The number of hydrogen-bond donors (Lipinski definition) is 1. The summed E-state index contributed by atoms with van der Waals surface area (Å²) in [5, 5.41) is 5.52. The number of esters is 1. The highest BCUT2D eigenvalue weighted by molar-refractivity contribution is 7.13. The number of nitrogens with zero attached hydrogens (tertiary/aromatic N) is 3. The lowest BCUT2D eigenvalue weighted by Crippen LogP contribution is -2.30.